The molecule has 1 aliphatic rings. The minimum absolute atomic E-state index is 0.0403. The Morgan fingerprint density at radius 1 is 1.43 bits per heavy atom. The number of ketones is 1. The average Bonchev–Trinajstić information content (AvgIpc) is 3.11. The molecule has 4 rings (SSSR count). The van der Waals surface area contributed by atoms with Crippen molar-refractivity contribution in [1.29, 1.82) is 0 Å². The van der Waals surface area contributed by atoms with Crippen molar-refractivity contribution in [3.05, 3.63) is 59.4 Å². The number of carbonyl (C=O) groups is 1. The lowest BCUT2D eigenvalue weighted by atomic mass is 9.85. The molecule has 0 radical (unpaired) electrons. The van der Waals surface area contributed by atoms with Crippen LogP contribution in [0.25, 0.3) is 5.52 Å². The van der Waals surface area contributed by atoms with Gasteiger partial charge < -0.3 is 9.38 Å². The predicted octanol–water partition coefficient (Wildman–Crippen LogP) is 2.96. The third-order valence-corrected chi connectivity index (χ3v) is 4.49. The summed E-state index contributed by atoms with van der Waals surface area (Å²) in [7, 11) is 0. The number of H-pyrrole nitrogens is 1. The summed E-state index contributed by atoms with van der Waals surface area (Å²) in [6, 6.07) is 8.04. The van der Waals surface area contributed by atoms with Crippen LogP contribution in [-0.4, -0.2) is 20.2 Å². The number of hydrogen-bond acceptors (Lipinski definition) is 2. The monoisotopic (exact) mass is 279 g/mol. The maximum Gasteiger partial charge on any atom is 0.183 e. The minimum Gasteiger partial charge on any atom is -0.348 e. The van der Waals surface area contributed by atoms with Crippen molar-refractivity contribution in [1.82, 2.24) is 14.4 Å². The van der Waals surface area contributed by atoms with Crippen molar-refractivity contribution < 1.29 is 4.79 Å². The molecule has 3 aromatic heterocycles. The summed E-state index contributed by atoms with van der Waals surface area (Å²) in [5, 5.41) is 0. The fraction of sp³-hybridized carbons (Fsp3) is 0.294. The molecule has 0 amide bonds. The minimum atomic E-state index is 0.0403. The molecule has 4 nitrogen and oxygen atoms in total. The number of rotatable bonds is 2. The zero-order chi connectivity index (χ0) is 14.4. The number of carbonyl (C=O) groups excluding carboxylic acids is 1. The van der Waals surface area contributed by atoms with Crippen LogP contribution in [0.5, 0.6) is 0 Å². The van der Waals surface area contributed by atoms with E-state index in [1.165, 1.54) is 5.69 Å². The molecule has 106 valence electrons. The molecule has 0 saturated carbocycles. The fourth-order valence-corrected chi connectivity index (χ4v) is 3.34. The lowest BCUT2D eigenvalue weighted by Crippen LogP contribution is -2.23. The number of imidazole rings is 1. The molecule has 0 aromatic carbocycles. The van der Waals surface area contributed by atoms with Gasteiger partial charge in [-0.25, -0.2) is 4.98 Å². The van der Waals surface area contributed by atoms with Crippen LogP contribution in [0.4, 0.5) is 0 Å². The highest BCUT2D eigenvalue weighted by Gasteiger charge is 2.28. The van der Waals surface area contributed by atoms with Crippen LogP contribution in [-0.2, 0) is 12.8 Å². The van der Waals surface area contributed by atoms with E-state index < -0.39 is 0 Å². The molecule has 1 N–H and O–H groups in total. The van der Waals surface area contributed by atoms with E-state index >= 15 is 0 Å². The number of pyridine rings is 1. The van der Waals surface area contributed by atoms with Crippen molar-refractivity contribution in [2.75, 3.05) is 0 Å². The van der Waals surface area contributed by atoms with E-state index in [2.05, 4.69) is 23.0 Å². The summed E-state index contributed by atoms with van der Waals surface area (Å²) in [5.41, 5.74) is 5.30. The van der Waals surface area contributed by atoms with Gasteiger partial charge in [0.25, 0.3) is 0 Å². The number of aromatic nitrogens is 3. The molecule has 21 heavy (non-hydrogen) atoms. The summed E-state index contributed by atoms with van der Waals surface area (Å²) >= 11 is 0. The topological polar surface area (TPSA) is 50.2 Å². The highest BCUT2D eigenvalue weighted by Crippen LogP contribution is 2.27. The highest BCUT2D eigenvalue weighted by molar-refractivity contribution is 5.98. The summed E-state index contributed by atoms with van der Waals surface area (Å²) in [4.78, 5) is 20.4. The van der Waals surface area contributed by atoms with Crippen molar-refractivity contribution >= 4 is 11.3 Å². The van der Waals surface area contributed by atoms with Gasteiger partial charge in [-0.2, -0.15) is 0 Å². The Labute approximate surface area is 122 Å². The molecule has 0 saturated heterocycles. The quantitative estimate of drug-likeness (QED) is 0.733. The summed E-state index contributed by atoms with van der Waals surface area (Å²) in [6.07, 6.45) is 6.25. The summed E-state index contributed by atoms with van der Waals surface area (Å²) < 4.78 is 2.01. The van der Waals surface area contributed by atoms with Gasteiger partial charge in [0.1, 0.15) is 0 Å². The van der Waals surface area contributed by atoms with Gasteiger partial charge in [-0.15, -0.1) is 0 Å². The number of nitrogens with one attached hydrogen (secondary N) is 1. The molecule has 3 heterocycles. The van der Waals surface area contributed by atoms with Crippen LogP contribution in [0.2, 0.25) is 0 Å². The van der Waals surface area contributed by atoms with Gasteiger partial charge in [0, 0.05) is 29.7 Å². The van der Waals surface area contributed by atoms with Crippen molar-refractivity contribution in [3.63, 3.8) is 0 Å². The van der Waals surface area contributed by atoms with Crippen LogP contribution >= 0.6 is 0 Å². The second kappa shape index (κ2) is 4.58. The molecular weight excluding hydrogens is 262 g/mol. The normalized spacial score (nSPS) is 17.9. The average molecular weight is 279 g/mol. The standard InChI is InChI=1S/C17H17N3O/c1-11-8-16(20-7-3-2-4-15(11)20)17(21)12-5-6-13-14(9-12)19-10-18-13/h2-4,7-8,10,12H,5-6,9H2,1H3,(H,18,19). The second-order valence-electron chi connectivity index (χ2n) is 5.80. The van der Waals surface area contributed by atoms with Crippen LogP contribution < -0.4 is 0 Å². The largest absolute Gasteiger partial charge is 0.348 e. The molecule has 0 aliphatic heterocycles. The zero-order valence-electron chi connectivity index (χ0n) is 12.0. The Morgan fingerprint density at radius 3 is 3.24 bits per heavy atom. The van der Waals surface area contributed by atoms with E-state index in [0.717, 1.165) is 41.7 Å². The molecule has 0 spiro atoms. The SMILES string of the molecule is Cc1cc(C(=O)C2CCc3[nH]cnc3C2)n2ccccc12. The Bertz CT molecular complexity index is 828. The first-order chi connectivity index (χ1) is 10.2. The van der Waals surface area contributed by atoms with E-state index in [1.807, 2.05) is 28.8 Å². The number of hydrogen-bond donors (Lipinski definition) is 1. The van der Waals surface area contributed by atoms with Crippen molar-refractivity contribution in [2.45, 2.75) is 26.2 Å². The van der Waals surface area contributed by atoms with Crippen molar-refractivity contribution in [2.24, 2.45) is 5.92 Å². The Kier molecular flexibility index (Phi) is 2.70. The molecular formula is C17H17N3O. The molecule has 0 bridgehead atoms. The summed E-state index contributed by atoms with van der Waals surface area (Å²) in [6.45, 7) is 2.05. The van der Waals surface area contributed by atoms with Gasteiger partial charge >= 0.3 is 0 Å². The van der Waals surface area contributed by atoms with E-state index in [-0.39, 0.29) is 11.7 Å². The first-order valence-corrected chi connectivity index (χ1v) is 7.36. The van der Waals surface area contributed by atoms with E-state index in [4.69, 9.17) is 0 Å². The van der Waals surface area contributed by atoms with Crippen LogP contribution in [0.15, 0.2) is 36.8 Å². The van der Waals surface area contributed by atoms with Gasteiger partial charge in [-0.05, 0) is 43.5 Å². The third-order valence-electron chi connectivity index (χ3n) is 4.49. The van der Waals surface area contributed by atoms with E-state index in [0.29, 0.717) is 0 Å². The Morgan fingerprint density at radius 2 is 2.33 bits per heavy atom. The van der Waals surface area contributed by atoms with Gasteiger partial charge in [0.15, 0.2) is 5.78 Å². The number of nitrogens with zero attached hydrogens (tertiary/aromatic N) is 2. The van der Waals surface area contributed by atoms with Crippen LogP contribution in [0.1, 0.15) is 33.9 Å². The molecule has 1 atom stereocenters. The first-order valence-electron chi connectivity index (χ1n) is 7.36. The van der Waals surface area contributed by atoms with E-state index in [1.54, 1.807) is 6.33 Å². The van der Waals surface area contributed by atoms with Gasteiger partial charge in [-0.3, -0.25) is 4.79 Å². The molecule has 1 aliphatic carbocycles. The number of aromatic amines is 1. The molecule has 0 fully saturated rings. The van der Waals surface area contributed by atoms with E-state index in [9.17, 15) is 4.79 Å². The maximum absolute atomic E-state index is 12.9. The Hall–Kier alpha value is -2.36. The number of aryl methyl sites for hydroxylation is 2. The Balaban J connectivity index is 1.71. The first kappa shape index (κ1) is 12.4. The number of Topliss-reactive ketones (excluding diaryl/α,β-unsaturated/α-hetero) is 1. The molecule has 4 heteroatoms. The van der Waals surface area contributed by atoms with Crippen molar-refractivity contribution in [3.8, 4) is 0 Å². The van der Waals surface area contributed by atoms with Gasteiger partial charge in [0.2, 0.25) is 0 Å². The van der Waals surface area contributed by atoms with Gasteiger partial charge in [-0.1, -0.05) is 6.07 Å². The molecule has 1 unspecified atom stereocenters. The lowest BCUT2D eigenvalue weighted by molar-refractivity contribution is 0.0901. The van der Waals surface area contributed by atoms with Crippen LogP contribution in [0.3, 0.4) is 0 Å². The zero-order valence-corrected chi connectivity index (χ0v) is 12.0. The number of fused-ring (bicyclic) bond motifs is 2. The third kappa shape index (κ3) is 1.90. The molecule has 3 aromatic rings. The summed E-state index contributed by atoms with van der Waals surface area (Å²) in [5.74, 6) is 0.274. The van der Waals surface area contributed by atoms with Gasteiger partial charge in [0.05, 0.1) is 17.7 Å². The smallest absolute Gasteiger partial charge is 0.183 e. The highest BCUT2D eigenvalue weighted by atomic mass is 16.1. The fourth-order valence-electron chi connectivity index (χ4n) is 3.34. The van der Waals surface area contributed by atoms with Crippen LogP contribution in [0, 0.1) is 12.8 Å². The maximum atomic E-state index is 12.9. The predicted molar refractivity (Wildman–Crippen MR) is 80.6 cm³/mol. The second-order valence-corrected chi connectivity index (χ2v) is 5.80. The lowest BCUT2D eigenvalue weighted by Gasteiger charge is -2.20.